The number of anilines is 1. The third-order valence-corrected chi connectivity index (χ3v) is 6.41. The summed E-state index contributed by atoms with van der Waals surface area (Å²) in [4.78, 5) is 27.5. The zero-order chi connectivity index (χ0) is 20.5. The molecule has 0 bridgehead atoms. The molecule has 1 saturated heterocycles. The smallest absolute Gasteiger partial charge is 0.227 e. The second kappa shape index (κ2) is 8.01. The lowest BCUT2D eigenvalue weighted by Crippen LogP contribution is -2.40. The molecule has 2 atom stereocenters. The van der Waals surface area contributed by atoms with Crippen molar-refractivity contribution < 1.29 is 19.1 Å². The van der Waals surface area contributed by atoms with E-state index in [1.807, 2.05) is 36.4 Å². The van der Waals surface area contributed by atoms with Gasteiger partial charge in [0.1, 0.15) is 13.2 Å². The van der Waals surface area contributed by atoms with Crippen molar-refractivity contribution in [2.45, 2.75) is 31.7 Å². The summed E-state index contributed by atoms with van der Waals surface area (Å²) in [5.41, 5.74) is 1.89. The number of carbonyl (C=O) groups excluding carboxylic acids is 2. The minimum Gasteiger partial charge on any atom is -0.486 e. The predicted molar refractivity (Wildman–Crippen MR) is 113 cm³/mol. The fourth-order valence-electron chi connectivity index (χ4n) is 4.51. The highest BCUT2D eigenvalue weighted by Crippen LogP contribution is 2.39. The molecule has 0 aromatic heterocycles. The van der Waals surface area contributed by atoms with Crippen molar-refractivity contribution in [3.8, 4) is 11.5 Å². The minimum atomic E-state index is -0.350. The molecule has 156 valence electrons. The van der Waals surface area contributed by atoms with Crippen molar-refractivity contribution in [2.24, 2.45) is 11.8 Å². The maximum absolute atomic E-state index is 13.1. The Bertz CT molecular complexity index is 941. The number of rotatable bonds is 5. The largest absolute Gasteiger partial charge is 0.486 e. The van der Waals surface area contributed by atoms with Crippen LogP contribution >= 0.6 is 0 Å². The molecule has 2 unspecified atom stereocenters. The van der Waals surface area contributed by atoms with Gasteiger partial charge >= 0.3 is 0 Å². The van der Waals surface area contributed by atoms with Crippen LogP contribution in [0.25, 0.3) is 0 Å². The van der Waals surface area contributed by atoms with Gasteiger partial charge in [0.05, 0.1) is 12.0 Å². The van der Waals surface area contributed by atoms with Gasteiger partial charge in [-0.15, -0.1) is 0 Å². The van der Waals surface area contributed by atoms with E-state index >= 15 is 0 Å². The summed E-state index contributed by atoms with van der Waals surface area (Å²) in [5, 5.41) is 3.26. The van der Waals surface area contributed by atoms with Crippen LogP contribution in [0.2, 0.25) is 0 Å². The molecular weight excluding hydrogens is 380 g/mol. The summed E-state index contributed by atoms with van der Waals surface area (Å²) in [6.07, 6.45) is 3.70. The number of amides is 2. The van der Waals surface area contributed by atoms with E-state index in [4.69, 9.17) is 9.47 Å². The Hall–Kier alpha value is -3.02. The van der Waals surface area contributed by atoms with E-state index < -0.39 is 0 Å². The molecule has 0 spiro atoms. The Morgan fingerprint density at radius 2 is 1.80 bits per heavy atom. The van der Waals surface area contributed by atoms with E-state index in [0.29, 0.717) is 37.2 Å². The van der Waals surface area contributed by atoms with Gasteiger partial charge in [-0.3, -0.25) is 9.59 Å². The average Bonchev–Trinajstić information content (AvgIpc) is 3.14. The van der Waals surface area contributed by atoms with Gasteiger partial charge < -0.3 is 19.7 Å². The molecule has 6 nitrogen and oxygen atoms in total. The van der Waals surface area contributed by atoms with E-state index in [1.54, 1.807) is 4.90 Å². The van der Waals surface area contributed by atoms with Gasteiger partial charge in [0.2, 0.25) is 11.8 Å². The van der Waals surface area contributed by atoms with Crippen LogP contribution in [0.1, 0.15) is 37.3 Å². The van der Waals surface area contributed by atoms with E-state index in [9.17, 15) is 9.59 Å². The third-order valence-electron chi connectivity index (χ3n) is 6.41. The third kappa shape index (κ3) is 3.62. The molecule has 2 aromatic carbocycles. The Labute approximate surface area is 176 Å². The molecule has 1 aliphatic carbocycles. The van der Waals surface area contributed by atoms with Crippen molar-refractivity contribution in [1.29, 1.82) is 0 Å². The van der Waals surface area contributed by atoms with Crippen LogP contribution in [0, 0.1) is 11.8 Å². The molecule has 2 aromatic rings. The molecule has 5 rings (SSSR count). The Morgan fingerprint density at radius 3 is 2.53 bits per heavy atom. The molecule has 2 heterocycles. The lowest BCUT2D eigenvalue weighted by atomic mass is 9.77. The minimum absolute atomic E-state index is 0.0193. The topological polar surface area (TPSA) is 67.9 Å². The van der Waals surface area contributed by atoms with Crippen LogP contribution in [0.4, 0.5) is 5.69 Å². The van der Waals surface area contributed by atoms with Gasteiger partial charge in [-0.2, -0.15) is 0 Å². The van der Waals surface area contributed by atoms with E-state index in [2.05, 4.69) is 17.4 Å². The van der Waals surface area contributed by atoms with Gasteiger partial charge in [-0.1, -0.05) is 36.8 Å². The number of hydrogen-bond acceptors (Lipinski definition) is 4. The predicted octanol–water partition coefficient (Wildman–Crippen LogP) is 3.47. The number of fused-ring (bicyclic) bond motifs is 1. The summed E-state index contributed by atoms with van der Waals surface area (Å²) < 4.78 is 11.2. The molecule has 1 saturated carbocycles. The Balaban J connectivity index is 1.29. The first-order valence-electron chi connectivity index (χ1n) is 10.7. The molecular formula is C24H26N2O4. The fourth-order valence-corrected chi connectivity index (χ4v) is 4.51. The lowest BCUT2D eigenvalue weighted by molar-refractivity contribution is -0.127. The second-order valence-corrected chi connectivity index (χ2v) is 8.32. The summed E-state index contributed by atoms with van der Waals surface area (Å²) in [5.74, 6) is 1.39. The van der Waals surface area contributed by atoms with Gasteiger partial charge in [0, 0.05) is 24.7 Å². The number of carbonyl (C=O) groups is 2. The molecule has 0 radical (unpaired) electrons. The van der Waals surface area contributed by atoms with Crippen LogP contribution in [-0.4, -0.2) is 31.6 Å². The summed E-state index contributed by atoms with van der Waals surface area (Å²) >= 11 is 0. The van der Waals surface area contributed by atoms with E-state index in [-0.39, 0.29) is 30.2 Å². The van der Waals surface area contributed by atoms with E-state index in [0.717, 1.165) is 24.1 Å². The zero-order valence-corrected chi connectivity index (χ0v) is 16.9. The molecule has 2 aliphatic heterocycles. The average molecular weight is 406 g/mol. The second-order valence-electron chi connectivity index (χ2n) is 8.32. The summed E-state index contributed by atoms with van der Waals surface area (Å²) in [6.45, 7) is 1.41. The normalized spacial score (nSPS) is 21.8. The molecule has 2 amide bonds. The molecule has 6 heteroatoms. The van der Waals surface area contributed by atoms with Crippen molar-refractivity contribution in [2.75, 3.05) is 24.7 Å². The van der Waals surface area contributed by atoms with Gasteiger partial charge in [0.15, 0.2) is 11.5 Å². The number of benzene rings is 2. The van der Waals surface area contributed by atoms with Crippen molar-refractivity contribution >= 4 is 17.5 Å². The highest BCUT2D eigenvalue weighted by atomic mass is 16.6. The number of nitrogens with zero attached hydrogens (tertiary/aromatic N) is 1. The van der Waals surface area contributed by atoms with E-state index in [1.165, 1.54) is 6.42 Å². The Kier molecular flexibility index (Phi) is 5.07. The van der Waals surface area contributed by atoms with Crippen molar-refractivity contribution in [3.63, 3.8) is 0 Å². The quantitative estimate of drug-likeness (QED) is 0.826. The SMILES string of the molecule is O=C(NC(c1ccccc1)C1CCC1)C1CC(=O)N(c2ccc3c(c2)OCCO3)C1. The maximum Gasteiger partial charge on any atom is 0.227 e. The van der Waals surface area contributed by atoms with Gasteiger partial charge in [-0.25, -0.2) is 0 Å². The number of nitrogens with one attached hydrogen (secondary N) is 1. The van der Waals surface area contributed by atoms with Crippen LogP contribution in [0.15, 0.2) is 48.5 Å². The first-order chi connectivity index (χ1) is 14.7. The first kappa shape index (κ1) is 19.0. The Morgan fingerprint density at radius 1 is 1.03 bits per heavy atom. The first-order valence-corrected chi connectivity index (χ1v) is 10.7. The standard InChI is InChI=1S/C24H26N2O4/c27-22-13-18(15-26(22)19-9-10-20-21(14-19)30-12-11-29-20)24(28)25-23(17-7-4-8-17)16-5-2-1-3-6-16/h1-3,5-6,9-10,14,17-18,23H,4,7-8,11-13,15H2,(H,25,28). The number of ether oxygens (including phenoxy) is 2. The molecule has 1 N–H and O–H groups in total. The van der Waals surface area contributed by atoms with Crippen molar-refractivity contribution in [1.82, 2.24) is 5.32 Å². The monoisotopic (exact) mass is 406 g/mol. The van der Waals surface area contributed by atoms with Gasteiger partial charge in [0.25, 0.3) is 0 Å². The molecule has 2 fully saturated rings. The van der Waals surface area contributed by atoms with Crippen molar-refractivity contribution in [3.05, 3.63) is 54.1 Å². The molecule has 3 aliphatic rings. The highest BCUT2D eigenvalue weighted by Gasteiger charge is 2.38. The van der Waals surface area contributed by atoms with Crippen LogP contribution in [0.3, 0.4) is 0 Å². The van der Waals surface area contributed by atoms with Crippen LogP contribution in [0.5, 0.6) is 11.5 Å². The summed E-state index contributed by atoms with van der Waals surface area (Å²) in [6, 6.07) is 15.7. The van der Waals surface area contributed by atoms with Gasteiger partial charge in [-0.05, 0) is 36.5 Å². The lowest BCUT2D eigenvalue weighted by Gasteiger charge is -2.35. The highest BCUT2D eigenvalue weighted by molar-refractivity contribution is 6.00. The maximum atomic E-state index is 13.1. The number of hydrogen-bond donors (Lipinski definition) is 1. The summed E-state index contributed by atoms with van der Waals surface area (Å²) in [7, 11) is 0. The zero-order valence-electron chi connectivity index (χ0n) is 16.9. The van der Waals surface area contributed by atoms with Crippen LogP contribution < -0.4 is 19.7 Å². The van der Waals surface area contributed by atoms with Crippen LogP contribution in [-0.2, 0) is 9.59 Å². The fraction of sp³-hybridized carbons (Fsp3) is 0.417. The molecule has 30 heavy (non-hydrogen) atoms.